The van der Waals surface area contributed by atoms with Crippen molar-refractivity contribution in [3.05, 3.63) is 25.3 Å². The van der Waals surface area contributed by atoms with Crippen molar-refractivity contribution < 1.29 is 9.47 Å². The van der Waals surface area contributed by atoms with E-state index in [0.29, 0.717) is 6.10 Å². The molecule has 0 radical (unpaired) electrons. The summed E-state index contributed by atoms with van der Waals surface area (Å²) in [6.45, 7) is 11.7. The molecule has 0 aromatic heterocycles. The van der Waals surface area contributed by atoms with E-state index in [4.69, 9.17) is 9.47 Å². The molecule has 0 rings (SSSR count). The quantitative estimate of drug-likeness (QED) is 0.346. The van der Waals surface area contributed by atoms with Gasteiger partial charge in [0.2, 0.25) is 0 Å². The van der Waals surface area contributed by atoms with Gasteiger partial charge in [0.1, 0.15) is 0 Å². The van der Waals surface area contributed by atoms with Crippen molar-refractivity contribution in [2.45, 2.75) is 77.4 Å². The van der Waals surface area contributed by atoms with Crippen LogP contribution < -0.4 is 0 Å². The van der Waals surface area contributed by atoms with Gasteiger partial charge in [-0.25, -0.2) is 0 Å². The molecular weight excluding hydrogens is 248 g/mol. The summed E-state index contributed by atoms with van der Waals surface area (Å²) in [4.78, 5) is 0. The average molecular weight is 284 g/mol. The summed E-state index contributed by atoms with van der Waals surface area (Å²) in [5.74, 6) is 0. The number of unbranched alkanes of at least 4 members (excludes halogenated alkanes) is 3. The van der Waals surface area contributed by atoms with Crippen molar-refractivity contribution in [2.24, 2.45) is 0 Å². The van der Waals surface area contributed by atoms with E-state index in [1.807, 2.05) is 12.2 Å². The Bertz CT molecular complexity index is 198. The van der Waals surface area contributed by atoms with Crippen LogP contribution >= 0.6 is 0 Å². The van der Waals surface area contributed by atoms with Crippen LogP contribution in [0.15, 0.2) is 25.3 Å². The fraction of sp³-hybridized carbons (Fsp3) is 0.778. The molecule has 20 heavy (non-hydrogen) atoms. The van der Waals surface area contributed by atoms with Crippen molar-refractivity contribution in [2.75, 3.05) is 14.2 Å². The van der Waals surface area contributed by atoms with E-state index >= 15 is 0 Å². The molecule has 0 saturated carbocycles. The highest BCUT2D eigenvalue weighted by atomic mass is 16.5. The summed E-state index contributed by atoms with van der Waals surface area (Å²) in [7, 11) is 3.51. The first-order chi connectivity index (χ1) is 9.69. The van der Waals surface area contributed by atoms with Gasteiger partial charge < -0.3 is 9.47 Å². The molecule has 0 amide bonds. The molecule has 120 valence electrons. The summed E-state index contributed by atoms with van der Waals surface area (Å²) in [5, 5.41) is 0. The molecule has 2 nitrogen and oxygen atoms in total. The van der Waals surface area contributed by atoms with Crippen molar-refractivity contribution in [3.8, 4) is 0 Å². The summed E-state index contributed by atoms with van der Waals surface area (Å²) in [5.41, 5.74) is 0. The van der Waals surface area contributed by atoms with Gasteiger partial charge in [0.15, 0.2) is 0 Å². The normalized spacial score (nSPS) is 13.0. The van der Waals surface area contributed by atoms with Gasteiger partial charge in [0.05, 0.1) is 12.2 Å². The SMILES string of the molecule is C=CCCCC(C=C)OC.CCCCCC(CC)OC. The maximum Gasteiger partial charge on any atom is 0.0749 e. The lowest BCUT2D eigenvalue weighted by Crippen LogP contribution is -2.07. The van der Waals surface area contributed by atoms with E-state index in [0.717, 1.165) is 25.7 Å². The second kappa shape index (κ2) is 18.4. The van der Waals surface area contributed by atoms with E-state index in [-0.39, 0.29) is 6.10 Å². The smallest absolute Gasteiger partial charge is 0.0749 e. The summed E-state index contributed by atoms with van der Waals surface area (Å²) >= 11 is 0. The van der Waals surface area contributed by atoms with Crippen LogP contribution in [0.4, 0.5) is 0 Å². The van der Waals surface area contributed by atoms with Crippen LogP contribution in [-0.4, -0.2) is 26.4 Å². The molecule has 0 N–H and O–H groups in total. The van der Waals surface area contributed by atoms with Gasteiger partial charge in [-0.3, -0.25) is 0 Å². The Morgan fingerprint density at radius 3 is 2.05 bits per heavy atom. The van der Waals surface area contributed by atoms with Crippen LogP contribution in [0.5, 0.6) is 0 Å². The van der Waals surface area contributed by atoms with Crippen molar-refractivity contribution in [3.63, 3.8) is 0 Å². The largest absolute Gasteiger partial charge is 0.381 e. The molecule has 0 aromatic rings. The predicted octanol–water partition coefficient (Wildman–Crippen LogP) is 5.54. The minimum absolute atomic E-state index is 0.222. The van der Waals surface area contributed by atoms with Crippen LogP contribution in [0, 0.1) is 0 Å². The highest BCUT2D eigenvalue weighted by Crippen LogP contribution is 2.08. The van der Waals surface area contributed by atoms with Crippen LogP contribution in [0.3, 0.4) is 0 Å². The number of ether oxygens (including phenoxy) is 2. The molecule has 0 saturated heterocycles. The lowest BCUT2D eigenvalue weighted by Gasteiger charge is -2.11. The Balaban J connectivity index is 0. The van der Waals surface area contributed by atoms with E-state index in [2.05, 4.69) is 27.0 Å². The minimum atomic E-state index is 0.222. The lowest BCUT2D eigenvalue weighted by molar-refractivity contribution is 0.0898. The number of rotatable bonds is 12. The molecule has 0 aliphatic heterocycles. The summed E-state index contributed by atoms with van der Waals surface area (Å²) in [6.07, 6.45) is 14.1. The molecule has 0 heterocycles. The molecule has 2 unspecified atom stereocenters. The van der Waals surface area contributed by atoms with Gasteiger partial charge in [-0.2, -0.15) is 0 Å². The van der Waals surface area contributed by atoms with E-state index in [1.165, 1.54) is 25.7 Å². The zero-order valence-corrected chi connectivity index (χ0v) is 14.2. The van der Waals surface area contributed by atoms with Crippen molar-refractivity contribution in [1.82, 2.24) is 0 Å². The summed E-state index contributed by atoms with van der Waals surface area (Å²) in [6, 6.07) is 0. The van der Waals surface area contributed by atoms with Crippen LogP contribution in [0.25, 0.3) is 0 Å². The Morgan fingerprint density at radius 2 is 1.65 bits per heavy atom. The van der Waals surface area contributed by atoms with Gasteiger partial charge in [-0.05, 0) is 32.1 Å². The van der Waals surface area contributed by atoms with Crippen LogP contribution in [-0.2, 0) is 9.47 Å². The van der Waals surface area contributed by atoms with Crippen LogP contribution in [0.1, 0.15) is 65.2 Å². The second-order valence-electron chi connectivity index (χ2n) is 4.99. The fourth-order valence-corrected chi connectivity index (χ4v) is 1.91. The molecule has 2 atom stereocenters. The maximum absolute atomic E-state index is 5.25. The van der Waals surface area contributed by atoms with Crippen LogP contribution in [0.2, 0.25) is 0 Å². The monoisotopic (exact) mass is 284 g/mol. The first kappa shape index (κ1) is 21.7. The topological polar surface area (TPSA) is 18.5 Å². The number of methoxy groups -OCH3 is 2. The number of hydrogen-bond donors (Lipinski definition) is 0. The Hall–Kier alpha value is -0.600. The maximum atomic E-state index is 5.25. The molecule has 0 aliphatic rings. The third kappa shape index (κ3) is 15.5. The third-order valence-corrected chi connectivity index (χ3v) is 3.38. The Labute approximate surface area is 127 Å². The first-order valence-electron chi connectivity index (χ1n) is 7.98. The molecule has 0 aromatic carbocycles. The minimum Gasteiger partial charge on any atom is -0.381 e. The third-order valence-electron chi connectivity index (χ3n) is 3.38. The highest BCUT2D eigenvalue weighted by molar-refractivity contribution is 4.80. The molecule has 2 heteroatoms. The van der Waals surface area contributed by atoms with Gasteiger partial charge in [0, 0.05) is 14.2 Å². The lowest BCUT2D eigenvalue weighted by atomic mass is 10.1. The van der Waals surface area contributed by atoms with E-state index < -0.39 is 0 Å². The zero-order chi connectivity index (χ0) is 15.6. The van der Waals surface area contributed by atoms with E-state index in [1.54, 1.807) is 14.2 Å². The standard InChI is InChI=1S/C9H20O.C9H16O/c2*1-4-6-7-8-9(5-2)10-3/h9H,4-8H2,1-3H3;4-5,9H,1-2,6-8H2,3H3. The first-order valence-corrected chi connectivity index (χ1v) is 7.98. The summed E-state index contributed by atoms with van der Waals surface area (Å²) < 4.78 is 10.3. The number of hydrogen-bond acceptors (Lipinski definition) is 2. The van der Waals surface area contributed by atoms with Crippen molar-refractivity contribution >= 4 is 0 Å². The molecule has 0 spiro atoms. The zero-order valence-electron chi connectivity index (χ0n) is 14.2. The molecule has 0 fully saturated rings. The fourth-order valence-electron chi connectivity index (χ4n) is 1.91. The van der Waals surface area contributed by atoms with Gasteiger partial charge in [0.25, 0.3) is 0 Å². The van der Waals surface area contributed by atoms with Gasteiger partial charge >= 0.3 is 0 Å². The molecule has 0 bridgehead atoms. The highest BCUT2D eigenvalue weighted by Gasteiger charge is 2.01. The molecule has 0 aliphatic carbocycles. The van der Waals surface area contributed by atoms with Crippen molar-refractivity contribution in [1.29, 1.82) is 0 Å². The Kier molecular flexibility index (Phi) is 20.0. The van der Waals surface area contributed by atoms with Gasteiger partial charge in [-0.1, -0.05) is 45.3 Å². The Morgan fingerprint density at radius 1 is 0.950 bits per heavy atom. The van der Waals surface area contributed by atoms with E-state index in [9.17, 15) is 0 Å². The second-order valence-corrected chi connectivity index (χ2v) is 4.99. The number of allylic oxidation sites excluding steroid dienone is 1. The predicted molar refractivity (Wildman–Crippen MR) is 90.3 cm³/mol. The average Bonchev–Trinajstić information content (AvgIpc) is 2.49. The van der Waals surface area contributed by atoms with Gasteiger partial charge in [-0.15, -0.1) is 13.2 Å². The molecular formula is C18H36O2.